The molecule has 2 aliphatic rings. The van der Waals surface area contributed by atoms with Crippen LogP contribution in [0.1, 0.15) is 27.2 Å². The van der Waals surface area contributed by atoms with Gasteiger partial charge >= 0.3 is 6.09 Å². The van der Waals surface area contributed by atoms with Crippen molar-refractivity contribution < 1.29 is 9.53 Å². The summed E-state index contributed by atoms with van der Waals surface area (Å²) in [6, 6.07) is 0.914. The van der Waals surface area contributed by atoms with Crippen molar-refractivity contribution >= 4 is 6.09 Å². The number of fused-ring (bicyclic) bond motifs is 2. The minimum atomic E-state index is -0.384. The molecule has 15 heavy (non-hydrogen) atoms. The number of carbonyl (C=O) groups is 1. The molecule has 0 N–H and O–H groups in total. The Kier molecular flexibility index (Phi) is 2.41. The summed E-state index contributed by atoms with van der Waals surface area (Å²) in [6.45, 7) is 7.54. The summed E-state index contributed by atoms with van der Waals surface area (Å²) in [5.74, 6) is 0. The molecule has 4 heteroatoms. The number of hydrogen-bond donors (Lipinski definition) is 0. The van der Waals surface area contributed by atoms with E-state index in [0.717, 1.165) is 19.5 Å². The van der Waals surface area contributed by atoms with Crippen LogP contribution in [0.4, 0.5) is 4.79 Å². The van der Waals surface area contributed by atoms with Gasteiger partial charge in [0.25, 0.3) is 0 Å². The second-order valence-corrected chi connectivity index (χ2v) is 5.62. The Labute approximate surface area is 91.2 Å². The molecule has 0 spiro atoms. The summed E-state index contributed by atoms with van der Waals surface area (Å²) in [7, 11) is 2.12. The zero-order valence-electron chi connectivity index (χ0n) is 9.99. The maximum atomic E-state index is 11.8. The van der Waals surface area contributed by atoms with Gasteiger partial charge in [0.05, 0.1) is 0 Å². The maximum absolute atomic E-state index is 11.8. The Morgan fingerprint density at radius 2 is 1.93 bits per heavy atom. The van der Waals surface area contributed by atoms with Gasteiger partial charge in [-0.2, -0.15) is 0 Å². The van der Waals surface area contributed by atoms with Gasteiger partial charge in [-0.1, -0.05) is 0 Å². The Bertz CT molecular complexity index is 270. The summed E-state index contributed by atoms with van der Waals surface area (Å²) in [4.78, 5) is 16.1. The molecular formula is C11H20N2O2. The molecule has 0 saturated carbocycles. The number of likely N-dealkylation sites (N-methyl/N-ethyl adjacent to an activating group) is 1. The summed E-state index contributed by atoms with van der Waals surface area (Å²) in [5, 5.41) is 0. The first-order valence-corrected chi connectivity index (χ1v) is 5.57. The molecule has 0 unspecified atom stereocenters. The van der Waals surface area contributed by atoms with Crippen LogP contribution in [-0.2, 0) is 4.74 Å². The van der Waals surface area contributed by atoms with Crippen LogP contribution in [0.3, 0.4) is 0 Å². The van der Waals surface area contributed by atoms with Gasteiger partial charge in [-0.15, -0.1) is 0 Å². The lowest BCUT2D eigenvalue weighted by atomic mass is 10.2. The van der Waals surface area contributed by atoms with Gasteiger partial charge in [-0.3, -0.25) is 4.90 Å². The van der Waals surface area contributed by atoms with Crippen molar-refractivity contribution in [3.05, 3.63) is 0 Å². The molecule has 86 valence electrons. The number of carbonyl (C=O) groups excluding carboxylic acids is 1. The highest BCUT2D eigenvalue weighted by atomic mass is 16.6. The van der Waals surface area contributed by atoms with Crippen molar-refractivity contribution in [2.24, 2.45) is 0 Å². The van der Waals surface area contributed by atoms with Gasteiger partial charge < -0.3 is 9.64 Å². The second kappa shape index (κ2) is 3.37. The van der Waals surface area contributed by atoms with Gasteiger partial charge in [-0.05, 0) is 34.2 Å². The molecule has 2 saturated heterocycles. The van der Waals surface area contributed by atoms with Gasteiger partial charge in [0.2, 0.25) is 0 Å². The third-order valence-electron chi connectivity index (χ3n) is 3.14. The van der Waals surface area contributed by atoms with Crippen LogP contribution in [0.15, 0.2) is 0 Å². The largest absolute Gasteiger partial charge is 0.444 e. The van der Waals surface area contributed by atoms with E-state index < -0.39 is 0 Å². The molecule has 2 aliphatic heterocycles. The predicted molar refractivity (Wildman–Crippen MR) is 57.8 cm³/mol. The average molecular weight is 212 g/mol. The molecule has 2 rings (SSSR count). The number of hydrogen-bond acceptors (Lipinski definition) is 3. The van der Waals surface area contributed by atoms with Crippen LogP contribution < -0.4 is 0 Å². The SMILES string of the molecule is CN1C[C@H]2C[C@H]1CN2C(=O)OC(C)(C)C. The number of rotatable bonds is 0. The maximum Gasteiger partial charge on any atom is 0.410 e. The minimum absolute atomic E-state index is 0.150. The van der Waals surface area contributed by atoms with E-state index in [4.69, 9.17) is 4.74 Å². The van der Waals surface area contributed by atoms with Crippen LogP contribution in [0.2, 0.25) is 0 Å². The van der Waals surface area contributed by atoms with Crippen LogP contribution in [0.5, 0.6) is 0 Å². The van der Waals surface area contributed by atoms with Crippen molar-refractivity contribution in [1.82, 2.24) is 9.80 Å². The molecule has 2 bridgehead atoms. The van der Waals surface area contributed by atoms with E-state index in [-0.39, 0.29) is 11.7 Å². The van der Waals surface area contributed by atoms with E-state index in [0.29, 0.717) is 12.1 Å². The van der Waals surface area contributed by atoms with Gasteiger partial charge in [0, 0.05) is 25.2 Å². The molecule has 0 aliphatic carbocycles. The first kappa shape index (κ1) is 10.7. The normalized spacial score (nSPS) is 31.1. The Morgan fingerprint density at radius 1 is 1.27 bits per heavy atom. The summed E-state index contributed by atoms with van der Waals surface area (Å²) in [6.07, 6.45) is 0.957. The fraction of sp³-hybridized carbons (Fsp3) is 0.909. The molecule has 0 aromatic carbocycles. The smallest absolute Gasteiger partial charge is 0.410 e. The van der Waals surface area contributed by atoms with Crippen LogP contribution in [-0.4, -0.2) is 53.7 Å². The lowest BCUT2D eigenvalue weighted by Gasteiger charge is -2.33. The third kappa shape index (κ3) is 2.09. The minimum Gasteiger partial charge on any atom is -0.444 e. The number of amides is 1. The van der Waals surface area contributed by atoms with Crippen molar-refractivity contribution in [3.63, 3.8) is 0 Å². The zero-order valence-corrected chi connectivity index (χ0v) is 9.99. The number of likely N-dealkylation sites (tertiary alicyclic amines) is 2. The van der Waals surface area contributed by atoms with Crippen molar-refractivity contribution in [1.29, 1.82) is 0 Å². The van der Waals surface area contributed by atoms with Crippen LogP contribution in [0.25, 0.3) is 0 Å². The standard InChI is InChI=1S/C11H20N2O2/c1-11(2,3)15-10(14)13-7-8-5-9(13)6-12(8)4/h8-9H,5-7H2,1-4H3/t8-,9+/m0/s1. The monoisotopic (exact) mass is 212 g/mol. The van der Waals surface area contributed by atoms with Crippen molar-refractivity contribution in [2.75, 3.05) is 20.1 Å². The topological polar surface area (TPSA) is 32.8 Å². The Balaban J connectivity index is 1.94. The van der Waals surface area contributed by atoms with Crippen LogP contribution in [0, 0.1) is 0 Å². The van der Waals surface area contributed by atoms with E-state index >= 15 is 0 Å². The number of piperazine rings is 1. The molecule has 2 heterocycles. The zero-order chi connectivity index (χ0) is 11.2. The molecule has 2 fully saturated rings. The molecule has 1 amide bonds. The van der Waals surface area contributed by atoms with Gasteiger partial charge in [-0.25, -0.2) is 4.79 Å². The molecule has 0 aromatic rings. The summed E-state index contributed by atoms with van der Waals surface area (Å²) < 4.78 is 5.38. The van der Waals surface area contributed by atoms with E-state index in [1.54, 1.807) is 0 Å². The highest BCUT2D eigenvalue weighted by Crippen LogP contribution is 2.30. The lowest BCUT2D eigenvalue weighted by molar-refractivity contribution is 0.0147. The summed E-state index contributed by atoms with van der Waals surface area (Å²) >= 11 is 0. The van der Waals surface area contributed by atoms with E-state index in [9.17, 15) is 4.79 Å². The van der Waals surface area contributed by atoms with E-state index in [2.05, 4.69) is 11.9 Å². The lowest BCUT2D eigenvalue weighted by Crippen LogP contribution is -2.48. The van der Waals surface area contributed by atoms with E-state index in [1.165, 1.54) is 0 Å². The first-order valence-electron chi connectivity index (χ1n) is 5.57. The van der Waals surface area contributed by atoms with Gasteiger partial charge in [0.1, 0.15) is 5.60 Å². The molecule has 2 atom stereocenters. The first-order chi connectivity index (χ1) is 6.87. The molecule has 0 radical (unpaired) electrons. The average Bonchev–Trinajstić information content (AvgIpc) is 2.58. The predicted octanol–water partition coefficient (Wildman–Crippen LogP) is 1.31. The quantitative estimate of drug-likeness (QED) is 0.607. The molecule has 4 nitrogen and oxygen atoms in total. The fourth-order valence-electron chi connectivity index (χ4n) is 2.41. The highest BCUT2D eigenvalue weighted by Gasteiger charge is 2.44. The van der Waals surface area contributed by atoms with Crippen LogP contribution >= 0.6 is 0 Å². The Hall–Kier alpha value is -0.770. The molecular weight excluding hydrogens is 192 g/mol. The fourth-order valence-corrected chi connectivity index (χ4v) is 2.41. The molecule has 0 aromatic heterocycles. The Morgan fingerprint density at radius 3 is 2.33 bits per heavy atom. The third-order valence-corrected chi connectivity index (χ3v) is 3.14. The van der Waals surface area contributed by atoms with E-state index in [1.807, 2.05) is 25.7 Å². The van der Waals surface area contributed by atoms with Crippen molar-refractivity contribution in [2.45, 2.75) is 44.9 Å². The highest BCUT2D eigenvalue weighted by molar-refractivity contribution is 5.69. The van der Waals surface area contributed by atoms with Gasteiger partial charge in [0.15, 0.2) is 0 Å². The van der Waals surface area contributed by atoms with Crippen molar-refractivity contribution in [3.8, 4) is 0 Å². The second-order valence-electron chi connectivity index (χ2n) is 5.62. The number of ether oxygens (including phenoxy) is 1. The number of nitrogens with zero attached hydrogens (tertiary/aromatic N) is 2. The summed E-state index contributed by atoms with van der Waals surface area (Å²) in [5.41, 5.74) is -0.384.